The van der Waals surface area contributed by atoms with E-state index >= 15 is 0 Å². The minimum absolute atomic E-state index is 0.671. The summed E-state index contributed by atoms with van der Waals surface area (Å²) in [5, 5.41) is 6.23. The summed E-state index contributed by atoms with van der Waals surface area (Å²) < 4.78 is 10.9. The zero-order valence-corrected chi connectivity index (χ0v) is 14.6. The van der Waals surface area contributed by atoms with Crippen molar-refractivity contribution in [1.82, 2.24) is 4.98 Å². The molecule has 3 aromatic rings. The van der Waals surface area contributed by atoms with Gasteiger partial charge in [0.1, 0.15) is 11.5 Å². The summed E-state index contributed by atoms with van der Waals surface area (Å²) in [7, 11) is 0. The molecule has 0 radical (unpaired) electrons. The van der Waals surface area contributed by atoms with Crippen LogP contribution >= 0.6 is 11.3 Å². The maximum absolute atomic E-state index is 5.47. The van der Waals surface area contributed by atoms with Crippen LogP contribution in [0.1, 0.15) is 13.8 Å². The van der Waals surface area contributed by atoms with Crippen molar-refractivity contribution in [3.8, 4) is 22.8 Å². The van der Waals surface area contributed by atoms with Crippen LogP contribution in [-0.2, 0) is 0 Å². The van der Waals surface area contributed by atoms with Crippen molar-refractivity contribution in [3.63, 3.8) is 0 Å². The first-order valence-corrected chi connectivity index (χ1v) is 8.85. The molecular formula is C19H20N2O2S. The average Bonchev–Trinajstić information content (AvgIpc) is 3.06. The van der Waals surface area contributed by atoms with E-state index in [4.69, 9.17) is 9.47 Å². The molecule has 0 amide bonds. The summed E-state index contributed by atoms with van der Waals surface area (Å²) >= 11 is 1.58. The predicted octanol–water partition coefficient (Wildman–Crippen LogP) is 5.35. The molecule has 0 bridgehead atoms. The lowest BCUT2D eigenvalue weighted by Gasteiger charge is -2.05. The summed E-state index contributed by atoms with van der Waals surface area (Å²) in [5.74, 6) is 1.75. The van der Waals surface area contributed by atoms with Crippen LogP contribution in [-0.4, -0.2) is 18.2 Å². The van der Waals surface area contributed by atoms with E-state index in [0.29, 0.717) is 13.2 Å². The van der Waals surface area contributed by atoms with Crippen molar-refractivity contribution < 1.29 is 9.47 Å². The molecule has 24 heavy (non-hydrogen) atoms. The van der Waals surface area contributed by atoms with Gasteiger partial charge < -0.3 is 14.8 Å². The van der Waals surface area contributed by atoms with Gasteiger partial charge in [-0.15, -0.1) is 11.3 Å². The van der Waals surface area contributed by atoms with Gasteiger partial charge >= 0.3 is 0 Å². The first-order chi connectivity index (χ1) is 11.8. The van der Waals surface area contributed by atoms with E-state index in [9.17, 15) is 0 Å². The van der Waals surface area contributed by atoms with Gasteiger partial charge in [-0.25, -0.2) is 4.98 Å². The molecule has 0 spiro atoms. The quantitative estimate of drug-likeness (QED) is 0.629. The van der Waals surface area contributed by atoms with Gasteiger partial charge in [0.05, 0.1) is 18.9 Å². The van der Waals surface area contributed by atoms with Crippen molar-refractivity contribution in [2.75, 3.05) is 18.5 Å². The Morgan fingerprint density at radius 3 is 2.04 bits per heavy atom. The van der Waals surface area contributed by atoms with Crippen molar-refractivity contribution >= 4 is 22.2 Å². The molecule has 0 aliphatic rings. The molecule has 0 fully saturated rings. The van der Waals surface area contributed by atoms with Crippen molar-refractivity contribution in [2.24, 2.45) is 0 Å². The molecule has 3 rings (SSSR count). The number of hydrogen-bond acceptors (Lipinski definition) is 5. The second-order valence-electron chi connectivity index (χ2n) is 5.08. The fourth-order valence-corrected chi connectivity index (χ4v) is 3.02. The van der Waals surface area contributed by atoms with E-state index in [0.717, 1.165) is 33.6 Å². The average molecular weight is 340 g/mol. The van der Waals surface area contributed by atoms with Gasteiger partial charge in [0.15, 0.2) is 5.13 Å². The van der Waals surface area contributed by atoms with Crippen molar-refractivity contribution in [1.29, 1.82) is 0 Å². The first kappa shape index (κ1) is 16.3. The molecule has 1 heterocycles. The van der Waals surface area contributed by atoms with E-state index in [1.807, 2.05) is 67.8 Å². The smallest absolute Gasteiger partial charge is 0.187 e. The second kappa shape index (κ2) is 7.84. The SMILES string of the molecule is CCOc1ccc(Nc2nc(-c3ccc(OCC)cc3)cs2)cc1. The van der Waals surface area contributed by atoms with Gasteiger partial charge in [-0.05, 0) is 62.4 Å². The fraction of sp³-hybridized carbons (Fsp3) is 0.211. The Morgan fingerprint density at radius 2 is 1.46 bits per heavy atom. The molecule has 0 atom stereocenters. The van der Waals surface area contributed by atoms with Crippen LogP contribution in [0.2, 0.25) is 0 Å². The van der Waals surface area contributed by atoms with Crippen LogP contribution < -0.4 is 14.8 Å². The van der Waals surface area contributed by atoms with Crippen LogP contribution in [0.5, 0.6) is 11.5 Å². The largest absolute Gasteiger partial charge is 0.494 e. The topological polar surface area (TPSA) is 43.4 Å². The highest BCUT2D eigenvalue weighted by molar-refractivity contribution is 7.14. The number of nitrogens with zero attached hydrogens (tertiary/aromatic N) is 1. The molecule has 0 saturated carbocycles. The Hall–Kier alpha value is -2.53. The number of hydrogen-bond donors (Lipinski definition) is 1. The standard InChI is InChI=1S/C19H20N2O2S/c1-3-22-16-9-5-14(6-10-16)18-13-24-19(21-18)20-15-7-11-17(12-8-15)23-4-2/h5-13H,3-4H2,1-2H3,(H,20,21). The minimum atomic E-state index is 0.671. The fourth-order valence-electron chi connectivity index (χ4n) is 2.28. The monoisotopic (exact) mass is 340 g/mol. The van der Waals surface area contributed by atoms with Gasteiger partial charge in [0, 0.05) is 16.6 Å². The third kappa shape index (κ3) is 4.06. The normalized spacial score (nSPS) is 10.4. The second-order valence-corrected chi connectivity index (χ2v) is 5.94. The summed E-state index contributed by atoms with van der Waals surface area (Å²) in [6, 6.07) is 15.9. The van der Waals surface area contributed by atoms with Crippen LogP contribution in [0.4, 0.5) is 10.8 Å². The number of anilines is 2. The molecule has 0 saturated heterocycles. The Kier molecular flexibility index (Phi) is 5.33. The highest BCUT2D eigenvalue weighted by atomic mass is 32.1. The first-order valence-electron chi connectivity index (χ1n) is 7.97. The number of thiazole rings is 1. The Bertz CT molecular complexity index is 767. The van der Waals surface area contributed by atoms with Gasteiger partial charge in [0.25, 0.3) is 0 Å². The van der Waals surface area contributed by atoms with Crippen molar-refractivity contribution in [2.45, 2.75) is 13.8 Å². The third-order valence-electron chi connectivity index (χ3n) is 3.38. The van der Waals surface area contributed by atoms with Crippen molar-refractivity contribution in [3.05, 3.63) is 53.9 Å². The van der Waals surface area contributed by atoms with Crippen LogP contribution in [0.15, 0.2) is 53.9 Å². The Balaban J connectivity index is 1.68. The third-order valence-corrected chi connectivity index (χ3v) is 4.14. The van der Waals surface area contributed by atoms with E-state index in [-0.39, 0.29) is 0 Å². The zero-order valence-electron chi connectivity index (χ0n) is 13.8. The minimum Gasteiger partial charge on any atom is -0.494 e. The summed E-state index contributed by atoms with van der Waals surface area (Å²) in [4.78, 5) is 4.65. The summed E-state index contributed by atoms with van der Waals surface area (Å²) in [6.07, 6.45) is 0. The summed E-state index contributed by atoms with van der Waals surface area (Å²) in [6.45, 7) is 5.30. The molecular weight excluding hydrogens is 320 g/mol. The highest BCUT2D eigenvalue weighted by Gasteiger charge is 2.05. The van der Waals surface area contributed by atoms with Gasteiger partial charge in [-0.3, -0.25) is 0 Å². The van der Waals surface area contributed by atoms with Gasteiger partial charge in [-0.2, -0.15) is 0 Å². The molecule has 0 aliphatic heterocycles. The van der Waals surface area contributed by atoms with E-state index in [1.165, 1.54) is 0 Å². The van der Waals surface area contributed by atoms with Crippen LogP contribution in [0.3, 0.4) is 0 Å². The molecule has 1 N–H and O–H groups in total. The van der Waals surface area contributed by atoms with E-state index in [1.54, 1.807) is 11.3 Å². The van der Waals surface area contributed by atoms with Gasteiger partial charge in [0.2, 0.25) is 0 Å². The lowest BCUT2D eigenvalue weighted by Crippen LogP contribution is -1.93. The number of ether oxygens (including phenoxy) is 2. The number of nitrogens with one attached hydrogen (secondary N) is 1. The Morgan fingerprint density at radius 1 is 0.875 bits per heavy atom. The van der Waals surface area contributed by atoms with E-state index < -0.39 is 0 Å². The lowest BCUT2D eigenvalue weighted by molar-refractivity contribution is 0.340. The number of benzene rings is 2. The zero-order chi connectivity index (χ0) is 16.8. The molecule has 0 unspecified atom stereocenters. The molecule has 0 aliphatic carbocycles. The lowest BCUT2D eigenvalue weighted by atomic mass is 10.2. The van der Waals surface area contributed by atoms with Crippen LogP contribution in [0, 0.1) is 0 Å². The molecule has 2 aromatic carbocycles. The van der Waals surface area contributed by atoms with Crippen LogP contribution in [0.25, 0.3) is 11.3 Å². The Labute approximate surface area is 146 Å². The van der Waals surface area contributed by atoms with E-state index in [2.05, 4.69) is 10.3 Å². The predicted molar refractivity (Wildman–Crippen MR) is 99.6 cm³/mol. The number of aromatic nitrogens is 1. The maximum atomic E-state index is 5.47. The molecule has 124 valence electrons. The molecule has 1 aromatic heterocycles. The number of rotatable bonds is 7. The molecule has 4 nitrogen and oxygen atoms in total. The maximum Gasteiger partial charge on any atom is 0.187 e. The highest BCUT2D eigenvalue weighted by Crippen LogP contribution is 2.28. The molecule has 5 heteroatoms. The van der Waals surface area contributed by atoms with Gasteiger partial charge in [-0.1, -0.05) is 0 Å². The summed E-state index contributed by atoms with van der Waals surface area (Å²) in [5.41, 5.74) is 3.02.